The Bertz CT molecular complexity index is 457. The van der Waals surface area contributed by atoms with Crippen LogP contribution in [-0.4, -0.2) is 26.2 Å². The normalized spacial score (nSPS) is 14.1. The largest absolute Gasteiger partial charge is 0.465 e. The first-order chi connectivity index (χ1) is 7.54. The molecule has 0 saturated carbocycles. The summed E-state index contributed by atoms with van der Waals surface area (Å²) in [7, 11) is 0. The van der Waals surface area contributed by atoms with Crippen molar-refractivity contribution in [3.63, 3.8) is 0 Å². The number of aryl methyl sites for hydroxylation is 1. The minimum atomic E-state index is -0.933. The lowest BCUT2D eigenvalue weighted by Gasteiger charge is -2.09. The van der Waals surface area contributed by atoms with Crippen LogP contribution in [0, 0.1) is 13.8 Å². The van der Waals surface area contributed by atoms with Gasteiger partial charge in [0.25, 0.3) is 0 Å². The molecule has 1 amide bonds. The molecule has 1 aromatic rings. The van der Waals surface area contributed by atoms with Crippen LogP contribution in [0.5, 0.6) is 0 Å². The first-order valence-corrected chi connectivity index (χ1v) is 5.11. The first kappa shape index (κ1) is 10.9. The molecule has 0 radical (unpaired) electrons. The highest BCUT2D eigenvalue weighted by Gasteiger charge is 2.27. The fraction of sp³-hybridized carbons (Fsp3) is 0.455. The number of hydrogen-bond donors (Lipinski definition) is 2. The van der Waals surface area contributed by atoms with Crippen molar-refractivity contribution in [2.75, 3.05) is 0 Å². The van der Waals surface area contributed by atoms with E-state index in [0.717, 1.165) is 22.4 Å². The lowest BCUT2D eigenvalue weighted by molar-refractivity contribution is 0.145. The van der Waals surface area contributed by atoms with Gasteiger partial charge in [-0.05, 0) is 25.0 Å². The number of rotatable bonds is 1. The molecule has 1 aliphatic rings. The van der Waals surface area contributed by atoms with E-state index in [1.807, 2.05) is 13.8 Å². The van der Waals surface area contributed by atoms with Gasteiger partial charge in [0.15, 0.2) is 0 Å². The predicted octanol–water partition coefficient (Wildman–Crippen LogP) is 1.18. The molecule has 5 heteroatoms. The van der Waals surface area contributed by atoms with E-state index >= 15 is 0 Å². The van der Waals surface area contributed by atoms with Crippen LogP contribution in [0.2, 0.25) is 0 Å². The van der Waals surface area contributed by atoms with Crippen LogP contribution in [0.3, 0.4) is 0 Å². The summed E-state index contributed by atoms with van der Waals surface area (Å²) in [5.41, 5.74) is 4.35. The van der Waals surface area contributed by atoms with Crippen LogP contribution in [-0.2, 0) is 19.7 Å². The summed E-state index contributed by atoms with van der Waals surface area (Å²) in [4.78, 5) is 16.5. The first-order valence-electron chi connectivity index (χ1n) is 5.11. The summed E-state index contributed by atoms with van der Waals surface area (Å²) in [6.07, 6.45) is -0.933. The van der Waals surface area contributed by atoms with E-state index in [1.165, 1.54) is 4.90 Å². The molecule has 0 spiro atoms. The Morgan fingerprint density at radius 2 is 2.00 bits per heavy atom. The van der Waals surface area contributed by atoms with Gasteiger partial charge in [0.1, 0.15) is 0 Å². The van der Waals surface area contributed by atoms with E-state index in [-0.39, 0.29) is 6.61 Å². The van der Waals surface area contributed by atoms with Gasteiger partial charge in [-0.3, -0.25) is 9.88 Å². The number of aliphatic hydroxyl groups excluding tert-OH is 1. The minimum Gasteiger partial charge on any atom is -0.465 e. The zero-order valence-electron chi connectivity index (χ0n) is 9.32. The van der Waals surface area contributed by atoms with Crippen LogP contribution in [0.4, 0.5) is 4.79 Å². The molecule has 1 aliphatic heterocycles. The van der Waals surface area contributed by atoms with Gasteiger partial charge >= 0.3 is 6.09 Å². The summed E-state index contributed by atoms with van der Waals surface area (Å²) in [5, 5.41) is 18.2. The Labute approximate surface area is 93.3 Å². The van der Waals surface area contributed by atoms with E-state index in [1.54, 1.807) is 0 Å². The van der Waals surface area contributed by atoms with Gasteiger partial charge in [-0.15, -0.1) is 0 Å². The van der Waals surface area contributed by atoms with Crippen molar-refractivity contribution in [2.45, 2.75) is 33.5 Å². The zero-order valence-corrected chi connectivity index (χ0v) is 9.32. The fourth-order valence-corrected chi connectivity index (χ4v) is 2.08. The molecule has 1 aromatic heterocycles. The molecule has 2 heterocycles. The van der Waals surface area contributed by atoms with Crippen LogP contribution >= 0.6 is 0 Å². The predicted molar refractivity (Wildman–Crippen MR) is 56.9 cm³/mol. The second kappa shape index (κ2) is 3.75. The van der Waals surface area contributed by atoms with Crippen molar-refractivity contribution in [1.82, 2.24) is 9.88 Å². The molecule has 0 bridgehead atoms. The standard InChI is InChI=1S/C11H14N2O3/c1-6-7(2)12-10(5-14)9-4-13(11(15)16)3-8(6)9/h14H,3-5H2,1-2H3,(H,15,16). The Morgan fingerprint density at radius 1 is 1.38 bits per heavy atom. The molecule has 0 fully saturated rings. The van der Waals surface area contributed by atoms with Gasteiger partial charge in [-0.2, -0.15) is 0 Å². The van der Waals surface area contributed by atoms with Gasteiger partial charge < -0.3 is 10.2 Å². The Hall–Kier alpha value is -1.62. The SMILES string of the molecule is Cc1nc(CO)c2c(c1C)CN(C(=O)O)C2. The van der Waals surface area contributed by atoms with E-state index in [0.29, 0.717) is 18.8 Å². The highest BCUT2D eigenvalue weighted by Crippen LogP contribution is 2.29. The lowest BCUT2D eigenvalue weighted by atomic mass is 10.0. The summed E-state index contributed by atoms with van der Waals surface area (Å²) >= 11 is 0. The van der Waals surface area contributed by atoms with E-state index < -0.39 is 6.09 Å². The number of fused-ring (bicyclic) bond motifs is 1. The molecule has 86 valence electrons. The second-order valence-electron chi connectivity index (χ2n) is 4.02. The Morgan fingerprint density at radius 3 is 2.56 bits per heavy atom. The highest BCUT2D eigenvalue weighted by atomic mass is 16.4. The summed E-state index contributed by atoms with van der Waals surface area (Å²) < 4.78 is 0. The van der Waals surface area contributed by atoms with Crippen LogP contribution < -0.4 is 0 Å². The average molecular weight is 222 g/mol. The van der Waals surface area contributed by atoms with Gasteiger partial charge in [0.05, 0.1) is 25.4 Å². The molecule has 0 unspecified atom stereocenters. The fourth-order valence-electron chi connectivity index (χ4n) is 2.08. The molecule has 5 nitrogen and oxygen atoms in total. The van der Waals surface area contributed by atoms with E-state index in [4.69, 9.17) is 5.11 Å². The maximum absolute atomic E-state index is 10.9. The number of carboxylic acid groups (broad SMARTS) is 1. The molecule has 0 aliphatic carbocycles. The maximum Gasteiger partial charge on any atom is 0.407 e. The van der Waals surface area contributed by atoms with Crippen molar-refractivity contribution < 1.29 is 15.0 Å². The number of amides is 1. The van der Waals surface area contributed by atoms with Gasteiger partial charge in [-0.1, -0.05) is 0 Å². The zero-order chi connectivity index (χ0) is 11.9. The quantitative estimate of drug-likeness (QED) is 0.748. The number of aromatic nitrogens is 1. The topological polar surface area (TPSA) is 73.7 Å². The second-order valence-corrected chi connectivity index (χ2v) is 4.02. The van der Waals surface area contributed by atoms with Crippen molar-refractivity contribution in [3.05, 3.63) is 28.1 Å². The van der Waals surface area contributed by atoms with Crippen LogP contribution in [0.25, 0.3) is 0 Å². The molecule has 2 N–H and O–H groups in total. The molecule has 0 saturated heterocycles. The molecular weight excluding hydrogens is 208 g/mol. The van der Waals surface area contributed by atoms with E-state index in [2.05, 4.69) is 4.98 Å². The number of carbonyl (C=O) groups is 1. The Balaban J connectivity index is 2.50. The van der Waals surface area contributed by atoms with Crippen LogP contribution in [0.1, 0.15) is 28.1 Å². The van der Waals surface area contributed by atoms with Gasteiger partial charge in [0.2, 0.25) is 0 Å². The van der Waals surface area contributed by atoms with Crippen molar-refractivity contribution in [2.24, 2.45) is 0 Å². The third-order valence-electron chi connectivity index (χ3n) is 3.13. The number of nitrogens with zero attached hydrogens (tertiary/aromatic N) is 2. The van der Waals surface area contributed by atoms with Gasteiger partial charge in [-0.25, -0.2) is 4.79 Å². The summed E-state index contributed by atoms with van der Waals surface area (Å²) in [6.45, 7) is 4.39. The third-order valence-corrected chi connectivity index (χ3v) is 3.13. The van der Waals surface area contributed by atoms with Crippen molar-refractivity contribution >= 4 is 6.09 Å². The number of hydrogen-bond acceptors (Lipinski definition) is 3. The number of pyridine rings is 1. The highest BCUT2D eigenvalue weighted by molar-refractivity contribution is 5.67. The van der Waals surface area contributed by atoms with Crippen LogP contribution in [0.15, 0.2) is 0 Å². The van der Waals surface area contributed by atoms with Crippen molar-refractivity contribution in [1.29, 1.82) is 0 Å². The number of aliphatic hydroxyl groups is 1. The molecule has 16 heavy (non-hydrogen) atoms. The van der Waals surface area contributed by atoms with Crippen molar-refractivity contribution in [3.8, 4) is 0 Å². The average Bonchev–Trinajstić information content (AvgIpc) is 2.68. The third kappa shape index (κ3) is 1.53. The monoisotopic (exact) mass is 222 g/mol. The lowest BCUT2D eigenvalue weighted by Crippen LogP contribution is -2.22. The van der Waals surface area contributed by atoms with Gasteiger partial charge in [0, 0.05) is 11.3 Å². The summed E-state index contributed by atoms with van der Waals surface area (Å²) in [5.74, 6) is 0. The maximum atomic E-state index is 10.9. The minimum absolute atomic E-state index is 0.142. The molecular formula is C11H14N2O3. The summed E-state index contributed by atoms with van der Waals surface area (Å²) in [6, 6.07) is 0. The molecule has 2 rings (SSSR count). The molecule has 0 aromatic carbocycles. The Kier molecular flexibility index (Phi) is 2.55. The van der Waals surface area contributed by atoms with E-state index in [9.17, 15) is 9.90 Å². The molecule has 0 atom stereocenters. The smallest absolute Gasteiger partial charge is 0.407 e.